The summed E-state index contributed by atoms with van der Waals surface area (Å²) < 4.78 is 37.5. The first kappa shape index (κ1) is 19.7. The van der Waals surface area contributed by atoms with Crippen LogP contribution in [0.4, 0.5) is 13.2 Å². The van der Waals surface area contributed by atoms with E-state index in [1.165, 1.54) is 12.1 Å². The molecule has 0 fully saturated rings. The fourth-order valence-electron chi connectivity index (χ4n) is 1.80. The van der Waals surface area contributed by atoms with Crippen LogP contribution >= 0.6 is 12.4 Å². The van der Waals surface area contributed by atoms with Gasteiger partial charge in [0.25, 0.3) is 0 Å². The SMILES string of the molecule is CC(N)C(=O)NC(c1ccc(C(F)(F)F)cc1)C(C)C.Cl. The summed E-state index contributed by atoms with van der Waals surface area (Å²) in [6.07, 6.45) is -4.36. The van der Waals surface area contributed by atoms with Gasteiger partial charge in [0.05, 0.1) is 17.6 Å². The molecule has 3 nitrogen and oxygen atoms in total. The predicted molar refractivity (Wildman–Crippen MR) is 78.1 cm³/mol. The third kappa shape index (κ3) is 5.55. The maximum absolute atomic E-state index is 12.5. The highest BCUT2D eigenvalue weighted by molar-refractivity contribution is 5.85. The second kappa shape index (κ2) is 7.66. The van der Waals surface area contributed by atoms with Crippen LogP contribution in [-0.2, 0) is 11.0 Å². The Morgan fingerprint density at radius 1 is 1.14 bits per heavy atom. The van der Waals surface area contributed by atoms with E-state index in [9.17, 15) is 18.0 Å². The van der Waals surface area contributed by atoms with Gasteiger partial charge in [0.1, 0.15) is 0 Å². The minimum absolute atomic E-state index is 0. The quantitative estimate of drug-likeness (QED) is 0.893. The Balaban J connectivity index is 0.00000400. The monoisotopic (exact) mass is 324 g/mol. The van der Waals surface area contributed by atoms with E-state index >= 15 is 0 Å². The van der Waals surface area contributed by atoms with E-state index in [4.69, 9.17) is 5.73 Å². The van der Waals surface area contributed by atoms with Crippen LogP contribution in [0.25, 0.3) is 0 Å². The van der Waals surface area contributed by atoms with Crippen molar-refractivity contribution < 1.29 is 18.0 Å². The molecule has 0 aliphatic heterocycles. The normalized spacial score (nSPS) is 14.3. The zero-order chi connectivity index (χ0) is 15.5. The van der Waals surface area contributed by atoms with E-state index in [1.54, 1.807) is 6.92 Å². The molecule has 0 aliphatic carbocycles. The summed E-state index contributed by atoms with van der Waals surface area (Å²) >= 11 is 0. The Morgan fingerprint density at radius 3 is 1.95 bits per heavy atom. The van der Waals surface area contributed by atoms with Gasteiger partial charge in [-0.15, -0.1) is 12.4 Å². The Morgan fingerprint density at radius 2 is 1.62 bits per heavy atom. The van der Waals surface area contributed by atoms with Gasteiger partial charge in [-0.25, -0.2) is 0 Å². The summed E-state index contributed by atoms with van der Waals surface area (Å²) in [5.41, 5.74) is 5.40. The van der Waals surface area contributed by atoms with Crippen molar-refractivity contribution in [3.8, 4) is 0 Å². The highest BCUT2D eigenvalue weighted by Crippen LogP contribution is 2.31. The summed E-state index contributed by atoms with van der Waals surface area (Å²) in [6.45, 7) is 5.31. The lowest BCUT2D eigenvalue weighted by molar-refractivity contribution is -0.137. The lowest BCUT2D eigenvalue weighted by Crippen LogP contribution is -2.41. The molecule has 21 heavy (non-hydrogen) atoms. The van der Waals surface area contributed by atoms with Crippen molar-refractivity contribution in [2.24, 2.45) is 11.7 Å². The second-order valence-corrected chi connectivity index (χ2v) is 5.14. The lowest BCUT2D eigenvalue weighted by atomic mass is 9.95. The largest absolute Gasteiger partial charge is 0.416 e. The number of hydrogen-bond donors (Lipinski definition) is 2. The van der Waals surface area contributed by atoms with Crippen LogP contribution < -0.4 is 11.1 Å². The molecule has 1 aromatic carbocycles. The number of rotatable bonds is 4. The maximum atomic E-state index is 12.5. The molecule has 0 aliphatic rings. The molecule has 0 saturated heterocycles. The summed E-state index contributed by atoms with van der Waals surface area (Å²) in [6, 6.07) is 3.77. The van der Waals surface area contributed by atoms with Gasteiger partial charge in [0.2, 0.25) is 5.91 Å². The Hall–Kier alpha value is -1.27. The van der Waals surface area contributed by atoms with E-state index in [-0.39, 0.29) is 30.3 Å². The van der Waals surface area contributed by atoms with Gasteiger partial charge in [-0.3, -0.25) is 4.79 Å². The molecule has 3 N–H and O–H groups in total. The molecule has 0 radical (unpaired) electrons. The lowest BCUT2D eigenvalue weighted by Gasteiger charge is -2.24. The number of carbonyl (C=O) groups excluding carboxylic acids is 1. The predicted octanol–water partition coefficient (Wildman–Crippen LogP) is 3.29. The van der Waals surface area contributed by atoms with Crippen molar-refractivity contribution in [2.45, 2.75) is 39.0 Å². The smallest absolute Gasteiger partial charge is 0.348 e. The standard InChI is InChI=1S/C14H19F3N2O.ClH/c1-8(2)12(19-13(20)9(3)18)10-4-6-11(7-5-10)14(15,16)17;/h4-9,12H,18H2,1-3H3,(H,19,20);1H. The molecule has 2 unspecified atom stereocenters. The van der Waals surface area contributed by atoms with E-state index in [0.29, 0.717) is 5.56 Å². The van der Waals surface area contributed by atoms with Gasteiger partial charge >= 0.3 is 6.18 Å². The van der Waals surface area contributed by atoms with Crippen LogP contribution in [0.2, 0.25) is 0 Å². The second-order valence-electron chi connectivity index (χ2n) is 5.14. The van der Waals surface area contributed by atoms with Crippen molar-refractivity contribution in [1.29, 1.82) is 0 Å². The molecule has 0 aromatic heterocycles. The first-order valence-electron chi connectivity index (χ1n) is 6.36. The molecule has 0 spiro atoms. The highest BCUT2D eigenvalue weighted by atomic mass is 35.5. The third-order valence-electron chi connectivity index (χ3n) is 2.98. The topological polar surface area (TPSA) is 55.1 Å². The van der Waals surface area contributed by atoms with Crippen molar-refractivity contribution >= 4 is 18.3 Å². The Kier molecular flexibility index (Phi) is 7.19. The molecule has 1 aromatic rings. The summed E-state index contributed by atoms with van der Waals surface area (Å²) in [4.78, 5) is 11.6. The van der Waals surface area contributed by atoms with Crippen molar-refractivity contribution in [2.75, 3.05) is 0 Å². The van der Waals surface area contributed by atoms with Gasteiger partial charge < -0.3 is 11.1 Å². The molecule has 1 amide bonds. The number of amides is 1. The molecule has 7 heteroatoms. The fraction of sp³-hybridized carbons (Fsp3) is 0.500. The minimum atomic E-state index is -4.36. The number of hydrogen-bond acceptors (Lipinski definition) is 2. The molecular weight excluding hydrogens is 305 g/mol. The molecule has 0 saturated carbocycles. The number of nitrogens with two attached hydrogens (primary N) is 1. The Bertz CT molecular complexity index is 458. The minimum Gasteiger partial charge on any atom is -0.348 e. The molecule has 0 bridgehead atoms. The fourth-order valence-corrected chi connectivity index (χ4v) is 1.80. The third-order valence-corrected chi connectivity index (χ3v) is 2.98. The van der Waals surface area contributed by atoms with E-state index < -0.39 is 17.8 Å². The summed E-state index contributed by atoms with van der Waals surface area (Å²) in [7, 11) is 0. The van der Waals surface area contributed by atoms with Crippen LogP contribution in [0.1, 0.15) is 37.9 Å². The first-order chi connectivity index (χ1) is 9.12. The average molecular weight is 325 g/mol. The van der Waals surface area contributed by atoms with Crippen molar-refractivity contribution in [1.82, 2.24) is 5.32 Å². The zero-order valence-electron chi connectivity index (χ0n) is 12.1. The molecule has 0 heterocycles. The average Bonchev–Trinajstić information content (AvgIpc) is 2.34. The van der Waals surface area contributed by atoms with Crippen molar-refractivity contribution in [3.63, 3.8) is 0 Å². The first-order valence-corrected chi connectivity index (χ1v) is 6.36. The van der Waals surface area contributed by atoms with E-state index in [0.717, 1.165) is 12.1 Å². The summed E-state index contributed by atoms with van der Waals surface area (Å²) in [5.74, 6) is -0.293. The van der Waals surface area contributed by atoms with Crippen LogP contribution in [0.5, 0.6) is 0 Å². The molecule has 2 atom stereocenters. The number of alkyl halides is 3. The zero-order valence-corrected chi connectivity index (χ0v) is 12.9. The van der Waals surface area contributed by atoms with Crippen LogP contribution in [0, 0.1) is 5.92 Å². The number of halogens is 4. The van der Waals surface area contributed by atoms with Crippen LogP contribution in [-0.4, -0.2) is 11.9 Å². The van der Waals surface area contributed by atoms with E-state index in [2.05, 4.69) is 5.32 Å². The van der Waals surface area contributed by atoms with Crippen molar-refractivity contribution in [3.05, 3.63) is 35.4 Å². The van der Waals surface area contributed by atoms with E-state index in [1.807, 2.05) is 13.8 Å². The highest BCUT2D eigenvalue weighted by Gasteiger charge is 2.30. The van der Waals surface area contributed by atoms with Gasteiger partial charge in [0, 0.05) is 0 Å². The Labute approximate surface area is 128 Å². The van der Waals surface area contributed by atoms with Gasteiger partial charge in [-0.05, 0) is 30.5 Å². The molecular formula is C14H20ClF3N2O. The molecule has 1 rings (SSSR count). The van der Waals surface area contributed by atoms with Crippen LogP contribution in [0.15, 0.2) is 24.3 Å². The number of benzene rings is 1. The van der Waals surface area contributed by atoms with Gasteiger partial charge in [0.15, 0.2) is 0 Å². The van der Waals surface area contributed by atoms with Gasteiger partial charge in [-0.2, -0.15) is 13.2 Å². The number of carbonyl (C=O) groups is 1. The summed E-state index contributed by atoms with van der Waals surface area (Å²) in [5, 5.41) is 2.75. The molecule has 120 valence electrons. The maximum Gasteiger partial charge on any atom is 0.416 e. The van der Waals surface area contributed by atoms with Gasteiger partial charge in [-0.1, -0.05) is 26.0 Å². The van der Waals surface area contributed by atoms with Crippen LogP contribution in [0.3, 0.4) is 0 Å². The number of nitrogens with one attached hydrogen (secondary N) is 1.